The number of hydrogen-bond acceptors (Lipinski definition) is 4. The summed E-state index contributed by atoms with van der Waals surface area (Å²) in [6.07, 6.45) is 1.22. The summed E-state index contributed by atoms with van der Waals surface area (Å²) in [4.78, 5) is 21.7. The van der Waals surface area contributed by atoms with Crippen LogP contribution in [0.25, 0.3) is 11.3 Å². The lowest BCUT2D eigenvalue weighted by molar-refractivity contribution is -0.384. The van der Waals surface area contributed by atoms with Crippen molar-refractivity contribution in [2.24, 2.45) is 0 Å². The number of ketones is 1. The Morgan fingerprint density at radius 2 is 1.89 bits per heavy atom. The van der Waals surface area contributed by atoms with Gasteiger partial charge in [0.2, 0.25) is 0 Å². The molecular formula is C14H13NO4. The molecule has 98 valence electrons. The van der Waals surface area contributed by atoms with Gasteiger partial charge in [-0.2, -0.15) is 0 Å². The number of nitrogens with zero attached hydrogens (tertiary/aromatic N) is 1. The van der Waals surface area contributed by atoms with Crippen LogP contribution in [0, 0.1) is 10.1 Å². The fourth-order valence-electron chi connectivity index (χ4n) is 1.74. The Hall–Kier alpha value is -2.43. The third kappa shape index (κ3) is 2.88. The van der Waals surface area contributed by atoms with Crippen molar-refractivity contribution in [3.8, 4) is 11.3 Å². The molecule has 0 aliphatic rings. The molecule has 0 aliphatic carbocycles. The highest BCUT2D eigenvalue weighted by molar-refractivity contribution is 5.93. The standard InChI is InChI=1S/C14H13NO4/c1-2-3-12(16)14-9-8-13(19-14)10-4-6-11(7-5-10)15(17)18/h4-9H,2-3H2,1H3. The number of carbonyl (C=O) groups is 1. The van der Waals surface area contributed by atoms with Gasteiger partial charge in [-0.3, -0.25) is 14.9 Å². The molecule has 0 atom stereocenters. The molecule has 0 saturated carbocycles. The van der Waals surface area contributed by atoms with Crippen LogP contribution in [0.4, 0.5) is 5.69 Å². The average molecular weight is 259 g/mol. The lowest BCUT2D eigenvalue weighted by Crippen LogP contribution is -1.94. The second-order valence-electron chi connectivity index (χ2n) is 4.14. The van der Waals surface area contributed by atoms with Gasteiger partial charge in [-0.05, 0) is 30.7 Å². The molecule has 2 aromatic rings. The Balaban J connectivity index is 2.23. The van der Waals surface area contributed by atoms with Crippen molar-refractivity contribution >= 4 is 11.5 Å². The summed E-state index contributed by atoms with van der Waals surface area (Å²) in [5.41, 5.74) is 0.735. The first-order valence-electron chi connectivity index (χ1n) is 5.99. The lowest BCUT2D eigenvalue weighted by Gasteiger charge is -1.97. The minimum atomic E-state index is -0.456. The Morgan fingerprint density at radius 3 is 2.47 bits per heavy atom. The van der Waals surface area contributed by atoms with Crippen LogP contribution in [0.5, 0.6) is 0 Å². The number of nitro benzene ring substituents is 1. The predicted molar refractivity (Wildman–Crippen MR) is 70.0 cm³/mol. The molecule has 0 unspecified atom stereocenters. The molecule has 0 spiro atoms. The summed E-state index contributed by atoms with van der Waals surface area (Å²) < 4.78 is 5.46. The maximum absolute atomic E-state index is 11.6. The van der Waals surface area contributed by atoms with Crippen LogP contribution in [0.15, 0.2) is 40.8 Å². The molecule has 5 nitrogen and oxygen atoms in total. The summed E-state index contributed by atoms with van der Waals surface area (Å²) in [5, 5.41) is 10.6. The van der Waals surface area contributed by atoms with Gasteiger partial charge < -0.3 is 4.42 Å². The monoisotopic (exact) mass is 259 g/mol. The highest BCUT2D eigenvalue weighted by Gasteiger charge is 2.12. The molecule has 0 fully saturated rings. The fraction of sp³-hybridized carbons (Fsp3) is 0.214. The molecule has 0 amide bonds. The van der Waals surface area contributed by atoms with Crippen molar-refractivity contribution in [1.82, 2.24) is 0 Å². The normalized spacial score (nSPS) is 10.4. The van der Waals surface area contributed by atoms with Gasteiger partial charge in [0, 0.05) is 24.1 Å². The number of furan rings is 1. The topological polar surface area (TPSA) is 73.3 Å². The number of rotatable bonds is 5. The summed E-state index contributed by atoms with van der Waals surface area (Å²) in [5.74, 6) is 0.834. The first-order valence-corrected chi connectivity index (χ1v) is 5.99. The van der Waals surface area contributed by atoms with Gasteiger partial charge in [-0.15, -0.1) is 0 Å². The minimum Gasteiger partial charge on any atom is -0.453 e. The number of Topliss-reactive ketones (excluding diaryl/α,β-unsaturated/α-hetero) is 1. The van der Waals surface area contributed by atoms with Crippen molar-refractivity contribution in [3.05, 3.63) is 52.3 Å². The van der Waals surface area contributed by atoms with Gasteiger partial charge in [-0.1, -0.05) is 6.92 Å². The second kappa shape index (κ2) is 5.48. The van der Waals surface area contributed by atoms with Gasteiger partial charge in [0.15, 0.2) is 11.5 Å². The van der Waals surface area contributed by atoms with E-state index in [4.69, 9.17) is 4.42 Å². The fourth-order valence-corrected chi connectivity index (χ4v) is 1.74. The van der Waals surface area contributed by atoms with Gasteiger partial charge >= 0.3 is 0 Å². The van der Waals surface area contributed by atoms with Crippen LogP contribution in [0.1, 0.15) is 30.3 Å². The molecule has 0 radical (unpaired) electrons. The van der Waals surface area contributed by atoms with E-state index in [-0.39, 0.29) is 11.5 Å². The highest BCUT2D eigenvalue weighted by Crippen LogP contribution is 2.25. The van der Waals surface area contributed by atoms with E-state index in [2.05, 4.69) is 0 Å². The van der Waals surface area contributed by atoms with Crippen molar-refractivity contribution in [2.75, 3.05) is 0 Å². The van der Waals surface area contributed by atoms with E-state index >= 15 is 0 Å². The van der Waals surface area contributed by atoms with E-state index in [0.717, 1.165) is 6.42 Å². The number of non-ortho nitro benzene ring substituents is 1. The molecule has 2 rings (SSSR count). The van der Waals surface area contributed by atoms with Crippen molar-refractivity contribution in [2.45, 2.75) is 19.8 Å². The smallest absolute Gasteiger partial charge is 0.269 e. The van der Waals surface area contributed by atoms with Gasteiger partial charge in [-0.25, -0.2) is 0 Å². The van der Waals surface area contributed by atoms with E-state index in [1.54, 1.807) is 24.3 Å². The maximum Gasteiger partial charge on any atom is 0.269 e. The molecule has 0 N–H and O–H groups in total. The zero-order valence-electron chi connectivity index (χ0n) is 10.5. The van der Waals surface area contributed by atoms with Gasteiger partial charge in [0.1, 0.15) is 5.76 Å². The first kappa shape index (κ1) is 13.0. The molecule has 19 heavy (non-hydrogen) atoms. The van der Waals surface area contributed by atoms with E-state index < -0.39 is 4.92 Å². The Morgan fingerprint density at radius 1 is 1.21 bits per heavy atom. The zero-order valence-corrected chi connectivity index (χ0v) is 10.5. The first-order chi connectivity index (χ1) is 9.11. The van der Waals surface area contributed by atoms with Gasteiger partial charge in [0.25, 0.3) is 5.69 Å². The SMILES string of the molecule is CCCC(=O)c1ccc(-c2ccc([N+](=O)[O-])cc2)o1. The van der Waals surface area contributed by atoms with E-state index in [1.807, 2.05) is 6.92 Å². The van der Waals surface area contributed by atoms with Crippen LogP contribution in [0.2, 0.25) is 0 Å². The summed E-state index contributed by atoms with van der Waals surface area (Å²) in [6, 6.07) is 9.35. The van der Waals surface area contributed by atoms with E-state index in [1.165, 1.54) is 12.1 Å². The quantitative estimate of drug-likeness (QED) is 0.464. The van der Waals surface area contributed by atoms with Crippen molar-refractivity contribution in [3.63, 3.8) is 0 Å². The molecule has 1 heterocycles. The van der Waals surface area contributed by atoms with Crippen LogP contribution >= 0.6 is 0 Å². The zero-order chi connectivity index (χ0) is 13.8. The average Bonchev–Trinajstić information content (AvgIpc) is 2.89. The van der Waals surface area contributed by atoms with Crippen LogP contribution in [0.3, 0.4) is 0 Å². The largest absolute Gasteiger partial charge is 0.453 e. The summed E-state index contributed by atoms with van der Waals surface area (Å²) >= 11 is 0. The molecule has 5 heteroatoms. The third-order valence-electron chi connectivity index (χ3n) is 2.72. The molecular weight excluding hydrogens is 246 g/mol. The molecule has 0 aliphatic heterocycles. The number of hydrogen-bond donors (Lipinski definition) is 0. The molecule has 0 bridgehead atoms. The second-order valence-corrected chi connectivity index (χ2v) is 4.14. The van der Waals surface area contributed by atoms with Gasteiger partial charge in [0.05, 0.1) is 4.92 Å². The van der Waals surface area contributed by atoms with E-state index in [9.17, 15) is 14.9 Å². The van der Waals surface area contributed by atoms with E-state index in [0.29, 0.717) is 23.5 Å². The van der Waals surface area contributed by atoms with Crippen molar-refractivity contribution in [1.29, 1.82) is 0 Å². The number of benzene rings is 1. The lowest BCUT2D eigenvalue weighted by atomic mass is 10.1. The summed E-state index contributed by atoms with van der Waals surface area (Å²) in [7, 11) is 0. The van der Waals surface area contributed by atoms with Crippen LogP contribution < -0.4 is 0 Å². The molecule has 1 aromatic carbocycles. The summed E-state index contributed by atoms with van der Waals surface area (Å²) in [6.45, 7) is 1.93. The third-order valence-corrected chi connectivity index (χ3v) is 2.72. The van der Waals surface area contributed by atoms with Crippen LogP contribution in [-0.4, -0.2) is 10.7 Å². The van der Waals surface area contributed by atoms with Crippen molar-refractivity contribution < 1.29 is 14.1 Å². The van der Waals surface area contributed by atoms with Crippen LogP contribution in [-0.2, 0) is 0 Å². The molecule has 1 aromatic heterocycles. The Labute approximate surface area is 110 Å². The maximum atomic E-state index is 11.6. The minimum absolute atomic E-state index is 0.0255. The Bertz CT molecular complexity index is 598. The number of carbonyl (C=O) groups excluding carboxylic acids is 1. The Kier molecular flexibility index (Phi) is 3.75. The predicted octanol–water partition coefficient (Wildman–Crippen LogP) is 3.84. The molecule has 0 saturated heterocycles. The highest BCUT2D eigenvalue weighted by atomic mass is 16.6. The number of nitro groups is 1.